The minimum atomic E-state index is -3.63. The van der Waals surface area contributed by atoms with Crippen molar-refractivity contribution in [1.29, 1.82) is 5.26 Å². The van der Waals surface area contributed by atoms with Gasteiger partial charge >= 0.3 is 0 Å². The molecule has 1 aliphatic carbocycles. The highest BCUT2D eigenvalue weighted by molar-refractivity contribution is 7.89. The summed E-state index contributed by atoms with van der Waals surface area (Å²) in [4.78, 5) is 3.81. The van der Waals surface area contributed by atoms with E-state index in [-0.39, 0.29) is 22.0 Å². The Kier molecular flexibility index (Phi) is 3.85. The summed E-state index contributed by atoms with van der Waals surface area (Å²) in [5.41, 5.74) is 0. The zero-order valence-corrected chi connectivity index (χ0v) is 11.1. The van der Waals surface area contributed by atoms with Crippen LogP contribution in [0.4, 0.5) is 0 Å². The Bertz CT molecular complexity index is 582. The minimum Gasteiger partial charge on any atom is -0.244 e. The fourth-order valence-electron chi connectivity index (χ4n) is 2.07. The summed E-state index contributed by atoms with van der Waals surface area (Å²) in [5, 5.41) is 9.06. The lowest BCUT2D eigenvalue weighted by Gasteiger charge is -2.15. The van der Waals surface area contributed by atoms with Gasteiger partial charge in [-0.3, -0.25) is 0 Å². The zero-order valence-electron chi connectivity index (χ0n) is 9.51. The Labute approximate surface area is 111 Å². The van der Waals surface area contributed by atoms with Gasteiger partial charge < -0.3 is 0 Å². The van der Waals surface area contributed by atoms with Crippen LogP contribution >= 0.6 is 11.6 Å². The summed E-state index contributed by atoms with van der Waals surface area (Å²) in [7, 11) is -3.63. The first kappa shape index (κ1) is 13.3. The van der Waals surface area contributed by atoms with Crippen molar-refractivity contribution in [2.24, 2.45) is 5.92 Å². The van der Waals surface area contributed by atoms with Crippen LogP contribution in [0.15, 0.2) is 23.2 Å². The molecule has 1 N–H and O–H groups in total. The molecule has 5 nitrogen and oxygen atoms in total. The van der Waals surface area contributed by atoms with Gasteiger partial charge in [0.05, 0.1) is 16.9 Å². The third-order valence-electron chi connectivity index (χ3n) is 3.00. The SMILES string of the molecule is N#CC1CCCC1NS(=O)(=O)c1ccnc(Cl)c1. The monoisotopic (exact) mass is 285 g/mol. The predicted octanol–water partition coefficient (Wildman–Crippen LogP) is 1.71. The fourth-order valence-corrected chi connectivity index (χ4v) is 3.64. The van der Waals surface area contributed by atoms with Crippen LogP contribution in [-0.4, -0.2) is 19.4 Å². The van der Waals surface area contributed by atoms with E-state index in [9.17, 15) is 8.42 Å². The molecule has 1 heterocycles. The highest BCUT2D eigenvalue weighted by Gasteiger charge is 2.31. The molecule has 18 heavy (non-hydrogen) atoms. The van der Waals surface area contributed by atoms with Crippen LogP contribution in [0.1, 0.15) is 19.3 Å². The number of sulfonamides is 1. The standard InChI is InChI=1S/C11H12ClN3O2S/c12-11-6-9(4-5-14-11)18(16,17)15-10-3-1-2-8(10)7-13/h4-6,8,10,15H,1-3H2. The summed E-state index contributed by atoms with van der Waals surface area (Å²) in [6.07, 6.45) is 3.63. The van der Waals surface area contributed by atoms with Crippen molar-refractivity contribution >= 4 is 21.6 Å². The topological polar surface area (TPSA) is 82.9 Å². The number of aromatic nitrogens is 1. The van der Waals surface area contributed by atoms with Gasteiger partial charge in [-0.1, -0.05) is 18.0 Å². The van der Waals surface area contributed by atoms with Crippen molar-refractivity contribution in [1.82, 2.24) is 9.71 Å². The maximum atomic E-state index is 12.1. The molecule has 0 amide bonds. The van der Waals surface area contributed by atoms with Gasteiger partial charge in [-0.15, -0.1) is 0 Å². The maximum Gasteiger partial charge on any atom is 0.241 e. The van der Waals surface area contributed by atoms with Crippen LogP contribution in [0.25, 0.3) is 0 Å². The molecule has 96 valence electrons. The first-order chi connectivity index (χ1) is 8.53. The van der Waals surface area contributed by atoms with Gasteiger partial charge in [-0.25, -0.2) is 18.1 Å². The normalized spacial score (nSPS) is 23.8. The Hall–Kier alpha value is -1.16. The van der Waals surface area contributed by atoms with Gasteiger partial charge in [-0.2, -0.15) is 5.26 Å². The van der Waals surface area contributed by atoms with Crippen molar-refractivity contribution < 1.29 is 8.42 Å². The molecule has 2 unspecified atom stereocenters. The van der Waals surface area contributed by atoms with Gasteiger partial charge in [0.25, 0.3) is 0 Å². The molecule has 0 bridgehead atoms. The number of rotatable bonds is 3. The van der Waals surface area contributed by atoms with Crippen molar-refractivity contribution in [2.75, 3.05) is 0 Å². The Morgan fingerprint density at radius 2 is 2.28 bits per heavy atom. The predicted molar refractivity (Wildman–Crippen MR) is 66.3 cm³/mol. The van der Waals surface area contributed by atoms with E-state index in [0.29, 0.717) is 6.42 Å². The third-order valence-corrected chi connectivity index (χ3v) is 4.69. The molecule has 0 aliphatic heterocycles. The number of nitrogens with one attached hydrogen (secondary N) is 1. The van der Waals surface area contributed by atoms with Crippen LogP contribution in [0.5, 0.6) is 0 Å². The average molecular weight is 286 g/mol. The number of nitriles is 1. The van der Waals surface area contributed by atoms with Gasteiger partial charge in [0.1, 0.15) is 5.15 Å². The molecule has 1 aliphatic rings. The molecule has 2 rings (SSSR count). The van der Waals surface area contributed by atoms with E-state index >= 15 is 0 Å². The fraction of sp³-hybridized carbons (Fsp3) is 0.455. The molecular formula is C11H12ClN3O2S. The maximum absolute atomic E-state index is 12.1. The molecule has 1 fully saturated rings. The number of halogens is 1. The lowest BCUT2D eigenvalue weighted by molar-refractivity contribution is 0.515. The van der Waals surface area contributed by atoms with E-state index in [1.165, 1.54) is 18.3 Å². The van der Waals surface area contributed by atoms with E-state index in [1.54, 1.807) is 0 Å². The Balaban J connectivity index is 2.20. The van der Waals surface area contributed by atoms with E-state index in [4.69, 9.17) is 16.9 Å². The van der Waals surface area contributed by atoms with Crippen LogP contribution in [0.2, 0.25) is 5.15 Å². The Morgan fingerprint density at radius 1 is 1.50 bits per heavy atom. The van der Waals surface area contributed by atoms with Gasteiger partial charge in [0.2, 0.25) is 10.0 Å². The second kappa shape index (κ2) is 5.22. The number of pyridine rings is 1. The van der Waals surface area contributed by atoms with E-state index in [1.807, 2.05) is 0 Å². The molecule has 0 saturated heterocycles. The zero-order chi connectivity index (χ0) is 13.2. The van der Waals surface area contributed by atoms with Crippen LogP contribution in [-0.2, 0) is 10.0 Å². The number of hydrogen-bond donors (Lipinski definition) is 1. The van der Waals surface area contributed by atoms with Crippen molar-refractivity contribution in [3.63, 3.8) is 0 Å². The first-order valence-electron chi connectivity index (χ1n) is 5.56. The average Bonchev–Trinajstić information content (AvgIpc) is 2.75. The van der Waals surface area contributed by atoms with Crippen LogP contribution < -0.4 is 4.72 Å². The summed E-state index contributed by atoms with van der Waals surface area (Å²) in [5.74, 6) is -0.253. The lowest BCUT2D eigenvalue weighted by atomic mass is 10.1. The smallest absolute Gasteiger partial charge is 0.241 e. The molecule has 0 aromatic carbocycles. The summed E-state index contributed by atoms with van der Waals surface area (Å²) < 4.78 is 26.8. The number of hydrogen-bond acceptors (Lipinski definition) is 4. The third kappa shape index (κ3) is 2.80. The Morgan fingerprint density at radius 3 is 2.94 bits per heavy atom. The molecule has 7 heteroatoms. The molecule has 0 radical (unpaired) electrons. The van der Waals surface area contributed by atoms with Crippen molar-refractivity contribution in [2.45, 2.75) is 30.2 Å². The first-order valence-corrected chi connectivity index (χ1v) is 7.42. The highest BCUT2D eigenvalue weighted by atomic mass is 35.5. The van der Waals surface area contributed by atoms with Crippen LogP contribution in [0, 0.1) is 17.2 Å². The molecule has 2 atom stereocenters. The largest absolute Gasteiger partial charge is 0.244 e. The van der Waals surface area contributed by atoms with E-state index in [0.717, 1.165) is 12.8 Å². The van der Waals surface area contributed by atoms with E-state index in [2.05, 4.69) is 15.8 Å². The summed E-state index contributed by atoms with van der Waals surface area (Å²) in [6.45, 7) is 0. The second-order valence-corrected chi connectivity index (χ2v) is 6.31. The molecular weight excluding hydrogens is 274 g/mol. The molecule has 1 aromatic heterocycles. The second-order valence-electron chi connectivity index (χ2n) is 4.21. The van der Waals surface area contributed by atoms with Gasteiger partial charge in [-0.05, 0) is 25.0 Å². The number of nitrogens with zero attached hydrogens (tertiary/aromatic N) is 2. The quantitative estimate of drug-likeness (QED) is 0.857. The van der Waals surface area contributed by atoms with Gasteiger partial charge in [0, 0.05) is 12.2 Å². The van der Waals surface area contributed by atoms with E-state index < -0.39 is 10.0 Å². The molecule has 0 spiro atoms. The van der Waals surface area contributed by atoms with Gasteiger partial charge in [0.15, 0.2) is 0 Å². The summed E-state index contributed by atoms with van der Waals surface area (Å²) >= 11 is 5.67. The highest BCUT2D eigenvalue weighted by Crippen LogP contribution is 2.26. The lowest BCUT2D eigenvalue weighted by Crippen LogP contribution is -2.36. The molecule has 1 aromatic rings. The molecule has 1 saturated carbocycles. The van der Waals surface area contributed by atoms with Crippen LogP contribution in [0.3, 0.4) is 0 Å². The summed E-state index contributed by atoms with van der Waals surface area (Å²) in [6, 6.07) is 4.49. The minimum absolute atomic E-state index is 0.0751. The van der Waals surface area contributed by atoms with Crippen molar-refractivity contribution in [3.05, 3.63) is 23.5 Å². The van der Waals surface area contributed by atoms with Crippen molar-refractivity contribution in [3.8, 4) is 6.07 Å².